The van der Waals surface area contributed by atoms with E-state index in [1.165, 1.54) is 0 Å². The lowest BCUT2D eigenvalue weighted by Gasteiger charge is -2.33. The molecule has 2 heterocycles. The van der Waals surface area contributed by atoms with Crippen molar-refractivity contribution >= 4 is 29.2 Å². The lowest BCUT2D eigenvalue weighted by molar-refractivity contribution is 0.0687. The van der Waals surface area contributed by atoms with E-state index in [9.17, 15) is 14.7 Å². The number of fused-ring (bicyclic) bond motifs is 1. The van der Waals surface area contributed by atoms with E-state index in [4.69, 9.17) is 11.6 Å². The van der Waals surface area contributed by atoms with E-state index in [1.807, 2.05) is 45.0 Å². The molecule has 0 saturated heterocycles. The van der Waals surface area contributed by atoms with Gasteiger partial charge in [0.15, 0.2) is 5.69 Å². The summed E-state index contributed by atoms with van der Waals surface area (Å²) in [5.41, 5.74) is 4.31. The van der Waals surface area contributed by atoms with Gasteiger partial charge in [-0.3, -0.25) is 0 Å². The van der Waals surface area contributed by atoms with E-state index >= 15 is 0 Å². The molecule has 0 atom stereocenters. The van der Waals surface area contributed by atoms with Gasteiger partial charge in [-0.2, -0.15) is 5.10 Å². The zero-order chi connectivity index (χ0) is 24.6. The van der Waals surface area contributed by atoms with Gasteiger partial charge in [0.05, 0.1) is 23.5 Å². The van der Waals surface area contributed by atoms with Crippen molar-refractivity contribution in [1.82, 2.24) is 20.0 Å². The summed E-state index contributed by atoms with van der Waals surface area (Å²) < 4.78 is 1.64. The Labute approximate surface area is 203 Å². The predicted octanol–water partition coefficient (Wildman–Crippen LogP) is 5.26. The Morgan fingerprint density at radius 3 is 2.53 bits per heavy atom. The second kappa shape index (κ2) is 8.99. The molecule has 1 aliphatic rings. The number of carbonyl (C=O) groups excluding carboxylic acids is 1. The molecule has 1 aliphatic heterocycles. The Kier molecular flexibility index (Phi) is 6.23. The average molecular weight is 479 g/mol. The molecular formula is C26H27ClN4O3. The predicted molar refractivity (Wildman–Crippen MR) is 132 cm³/mol. The largest absolute Gasteiger partial charge is 0.476 e. The summed E-state index contributed by atoms with van der Waals surface area (Å²) in [6, 6.07) is 14.7. The first-order valence-corrected chi connectivity index (χ1v) is 11.4. The van der Waals surface area contributed by atoms with Crippen molar-refractivity contribution in [3.05, 3.63) is 88.2 Å². The molecule has 176 valence electrons. The van der Waals surface area contributed by atoms with Crippen LogP contribution in [0.3, 0.4) is 0 Å². The fraction of sp³-hybridized carbons (Fsp3) is 0.269. The second-order valence-electron chi connectivity index (χ2n) is 9.06. The van der Waals surface area contributed by atoms with Gasteiger partial charge in [0.25, 0.3) is 0 Å². The molecular weight excluding hydrogens is 452 g/mol. The van der Waals surface area contributed by atoms with Crippen LogP contribution in [0.25, 0.3) is 11.3 Å². The average Bonchev–Trinajstić information content (AvgIpc) is 3.18. The van der Waals surface area contributed by atoms with Gasteiger partial charge in [-0.1, -0.05) is 42.0 Å². The Bertz CT molecular complexity index is 1280. The minimum atomic E-state index is -1.12. The first-order valence-electron chi connectivity index (χ1n) is 11.0. The molecule has 2 N–H and O–H groups in total. The molecule has 0 saturated carbocycles. The third-order valence-corrected chi connectivity index (χ3v) is 6.37. The highest BCUT2D eigenvalue weighted by Crippen LogP contribution is 2.28. The van der Waals surface area contributed by atoms with Crippen LogP contribution in [0.1, 0.15) is 53.6 Å². The minimum absolute atomic E-state index is 0.0455. The minimum Gasteiger partial charge on any atom is -0.476 e. The van der Waals surface area contributed by atoms with Crippen molar-refractivity contribution in [2.45, 2.75) is 39.3 Å². The van der Waals surface area contributed by atoms with Crippen molar-refractivity contribution in [3.8, 4) is 5.69 Å². The summed E-state index contributed by atoms with van der Waals surface area (Å²) in [5.74, 6) is -1.12. The number of nitrogens with one attached hydrogen (secondary N) is 1. The Balaban J connectivity index is 1.58. The fourth-order valence-corrected chi connectivity index (χ4v) is 4.28. The van der Waals surface area contributed by atoms with Crippen LogP contribution in [-0.4, -0.2) is 38.3 Å². The van der Waals surface area contributed by atoms with Gasteiger partial charge in [0.2, 0.25) is 0 Å². The third-order valence-electron chi connectivity index (χ3n) is 6.11. The number of rotatable bonds is 5. The van der Waals surface area contributed by atoms with Gasteiger partial charge in [-0.15, -0.1) is 0 Å². The molecule has 0 unspecified atom stereocenters. The number of benzene rings is 2. The van der Waals surface area contributed by atoms with E-state index < -0.39 is 11.5 Å². The van der Waals surface area contributed by atoms with Crippen LogP contribution in [-0.2, 0) is 18.5 Å². The lowest BCUT2D eigenvalue weighted by atomic mass is 9.91. The summed E-state index contributed by atoms with van der Waals surface area (Å²) >= 11 is 5.99. The van der Waals surface area contributed by atoms with Crippen molar-refractivity contribution in [3.63, 3.8) is 0 Å². The van der Waals surface area contributed by atoms with Crippen LogP contribution in [0.5, 0.6) is 0 Å². The maximum Gasteiger partial charge on any atom is 0.356 e. The number of carboxylic acid groups (broad SMARTS) is 1. The SMILES string of the molecule is C=C(C)c1cccc(C(C)(C)NC(=O)N2CCc3c(c(C(=O)O)nn3-c3ccc(Cl)cc3)C2)c1. The van der Waals surface area contributed by atoms with Gasteiger partial charge in [0.1, 0.15) is 0 Å². The molecule has 8 heteroatoms. The summed E-state index contributed by atoms with van der Waals surface area (Å²) in [7, 11) is 0. The van der Waals surface area contributed by atoms with Gasteiger partial charge in [-0.25, -0.2) is 14.3 Å². The van der Waals surface area contributed by atoms with Crippen molar-refractivity contribution in [2.24, 2.45) is 0 Å². The van der Waals surface area contributed by atoms with E-state index in [0.29, 0.717) is 23.6 Å². The zero-order valence-electron chi connectivity index (χ0n) is 19.4. The zero-order valence-corrected chi connectivity index (χ0v) is 20.2. The highest BCUT2D eigenvalue weighted by atomic mass is 35.5. The highest BCUT2D eigenvalue weighted by Gasteiger charge is 2.32. The lowest BCUT2D eigenvalue weighted by Crippen LogP contribution is -2.49. The molecule has 7 nitrogen and oxygen atoms in total. The summed E-state index contributed by atoms with van der Waals surface area (Å²) in [6.45, 7) is 10.4. The third kappa shape index (κ3) is 4.56. The maximum absolute atomic E-state index is 13.2. The van der Waals surface area contributed by atoms with Crippen molar-refractivity contribution in [2.75, 3.05) is 6.54 Å². The van der Waals surface area contributed by atoms with E-state index in [-0.39, 0.29) is 18.3 Å². The first-order chi connectivity index (χ1) is 16.1. The number of carboxylic acids is 1. The van der Waals surface area contributed by atoms with Crippen molar-refractivity contribution in [1.29, 1.82) is 0 Å². The second-order valence-corrected chi connectivity index (χ2v) is 9.49. The molecule has 3 aromatic rings. The molecule has 0 aliphatic carbocycles. The number of aromatic nitrogens is 2. The molecule has 1 aromatic heterocycles. The van der Waals surface area contributed by atoms with Crippen molar-refractivity contribution < 1.29 is 14.7 Å². The number of nitrogens with zero attached hydrogens (tertiary/aromatic N) is 3. The summed E-state index contributed by atoms with van der Waals surface area (Å²) in [5, 5.41) is 17.8. The van der Waals surface area contributed by atoms with Crippen LogP contribution in [0.4, 0.5) is 4.79 Å². The molecule has 2 aromatic carbocycles. The van der Waals surface area contributed by atoms with E-state index in [1.54, 1.807) is 33.8 Å². The van der Waals surface area contributed by atoms with Crippen LogP contribution in [0.15, 0.2) is 55.1 Å². The Morgan fingerprint density at radius 1 is 1.18 bits per heavy atom. The van der Waals surface area contributed by atoms with Crippen LogP contribution < -0.4 is 5.32 Å². The first kappa shape index (κ1) is 23.6. The van der Waals surface area contributed by atoms with Gasteiger partial charge >= 0.3 is 12.0 Å². The summed E-state index contributed by atoms with van der Waals surface area (Å²) in [4.78, 5) is 26.8. The van der Waals surface area contributed by atoms with Gasteiger partial charge < -0.3 is 15.3 Å². The van der Waals surface area contributed by atoms with E-state index in [0.717, 1.165) is 28.1 Å². The molecule has 0 fully saturated rings. The number of aromatic carboxylic acids is 1. The van der Waals surface area contributed by atoms with E-state index in [2.05, 4.69) is 17.0 Å². The molecule has 0 bridgehead atoms. The maximum atomic E-state index is 13.2. The van der Waals surface area contributed by atoms with Gasteiger partial charge in [-0.05, 0) is 62.2 Å². The van der Waals surface area contributed by atoms with Crippen LogP contribution in [0, 0.1) is 0 Å². The molecule has 0 radical (unpaired) electrons. The fourth-order valence-electron chi connectivity index (χ4n) is 4.15. The molecule has 2 amide bonds. The molecule has 4 rings (SSSR count). The Hall–Kier alpha value is -3.58. The number of hydrogen-bond donors (Lipinski definition) is 2. The summed E-state index contributed by atoms with van der Waals surface area (Å²) in [6.07, 6.45) is 0.483. The quantitative estimate of drug-likeness (QED) is 0.523. The highest BCUT2D eigenvalue weighted by molar-refractivity contribution is 6.30. The number of allylic oxidation sites excluding steroid dienone is 1. The number of halogens is 1. The smallest absolute Gasteiger partial charge is 0.356 e. The van der Waals surface area contributed by atoms with Crippen LogP contribution in [0.2, 0.25) is 5.02 Å². The molecule has 0 spiro atoms. The monoisotopic (exact) mass is 478 g/mol. The topological polar surface area (TPSA) is 87.5 Å². The number of hydrogen-bond acceptors (Lipinski definition) is 3. The van der Waals surface area contributed by atoms with Crippen LogP contribution >= 0.6 is 11.6 Å². The Morgan fingerprint density at radius 2 is 1.88 bits per heavy atom. The number of carbonyl (C=O) groups is 2. The normalized spacial score (nSPS) is 13.4. The molecule has 34 heavy (non-hydrogen) atoms. The standard InChI is InChI=1S/C26H27ClN4O3/c1-16(2)17-6-5-7-18(14-17)26(3,4)28-25(34)30-13-12-22-21(15-30)23(24(32)33)29-31(22)20-10-8-19(27)9-11-20/h5-11,14H,1,12-13,15H2,2-4H3,(H,28,34)(H,32,33). The number of urea groups is 1. The van der Waals surface area contributed by atoms with Gasteiger partial charge in [0, 0.05) is 23.6 Å². The number of amides is 2.